The van der Waals surface area contributed by atoms with Crippen LogP contribution in [0.15, 0.2) is 23.2 Å². The average molecular weight is 547 g/mol. The number of aliphatic imine (C=N–C) groups is 1. The van der Waals surface area contributed by atoms with Gasteiger partial charge in [-0.25, -0.2) is 0 Å². The van der Waals surface area contributed by atoms with E-state index in [2.05, 4.69) is 4.99 Å². The Morgan fingerprint density at radius 2 is 1.78 bits per heavy atom. The summed E-state index contributed by atoms with van der Waals surface area (Å²) in [7, 11) is 0. The zero-order valence-corrected chi connectivity index (χ0v) is 21.0. The first-order valence-electron chi connectivity index (χ1n) is 11.6. The lowest BCUT2D eigenvalue weighted by Gasteiger charge is -2.39. The van der Waals surface area contributed by atoms with Crippen molar-refractivity contribution in [3.8, 4) is 11.5 Å². The number of rotatable bonds is 14. The first-order valence-corrected chi connectivity index (χ1v) is 12.6. The van der Waals surface area contributed by atoms with Crippen LogP contribution in [0.1, 0.15) is 12.5 Å². The number of ether oxygens (including phenoxy) is 5. The van der Waals surface area contributed by atoms with Gasteiger partial charge in [0.25, 0.3) is 0 Å². The molecule has 3 unspecified atom stereocenters. The second kappa shape index (κ2) is 13.7. The molecular weight excluding hydrogens is 514 g/mol. The number of nitrogens with zero attached hydrogens (tertiary/aromatic N) is 1. The maximum Gasteiger partial charge on any atom is 0.186 e. The van der Waals surface area contributed by atoms with Gasteiger partial charge in [-0.15, -0.1) is 11.8 Å². The van der Waals surface area contributed by atoms with Crippen LogP contribution in [0.2, 0.25) is 0 Å². The normalized spacial score (nSPS) is 29.8. The fourth-order valence-electron chi connectivity index (χ4n) is 3.49. The smallest absolute Gasteiger partial charge is 0.186 e. The molecule has 1 fully saturated rings. The van der Waals surface area contributed by atoms with Gasteiger partial charge in [0.1, 0.15) is 53.1 Å². The Kier molecular flexibility index (Phi) is 10.9. The quantitative estimate of drug-likeness (QED) is 0.155. The van der Waals surface area contributed by atoms with Crippen LogP contribution in [0.5, 0.6) is 11.5 Å². The summed E-state index contributed by atoms with van der Waals surface area (Å²) in [5.41, 5.74) is -0.897. The molecule has 1 aromatic rings. The number of aromatic hydroxyl groups is 1. The number of carboxylic acid groups (broad SMARTS) is 1. The van der Waals surface area contributed by atoms with E-state index in [1.165, 1.54) is 24.8 Å². The van der Waals surface area contributed by atoms with E-state index in [9.17, 15) is 30.3 Å². The number of thioether (sulfide) groups is 1. The lowest BCUT2D eigenvalue weighted by molar-refractivity contribution is -0.311. The maximum atomic E-state index is 11.2. The first-order chi connectivity index (χ1) is 17.7. The van der Waals surface area contributed by atoms with Gasteiger partial charge in [-0.2, -0.15) is 0 Å². The van der Waals surface area contributed by atoms with E-state index >= 15 is 0 Å². The topological polar surface area (TPSA) is 200 Å². The highest BCUT2D eigenvalue weighted by Crippen LogP contribution is 2.35. The molecule has 0 radical (unpaired) electrons. The van der Waals surface area contributed by atoms with E-state index < -0.39 is 48.8 Å². The van der Waals surface area contributed by atoms with E-state index in [0.717, 1.165) is 0 Å². The number of carbonyl (C=O) groups excluding carboxylic acids is 1. The molecule has 14 heteroatoms. The molecule has 3 rings (SSSR count). The standard InChI is InChI=1S/C23H33NO12S/c1-23(22(30)31)12-37-20(24-23)14-3-2-13(10-15(14)26)34-8-6-32-4-5-33-7-9-35-21-19(29)18(28)17(27)16(11-25)36-21/h2-3,10,16-19,21,25-29H,4-9,11-12H2,1H3,(H,30,31)/p-1/t16?,17-,18?,19?,21+,23-/m1/s1. The van der Waals surface area contributed by atoms with Crippen molar-refractivity contribution < 1.29 is 59.1 Å². The zero-order valence-electron chi connectivity index (χ0n) is 20.2. The molecular formula is C23H32NO12S-. The third kappa shape index (κ3) is 7.75. The highest BCUT2D eigenvalue weighted by Gasteiger charge is 2.44. The molecule has 0 saturated carbocycles. The summed E-state index contributed by atoms with van der Waals surface area (Å²) in [4.78, 5) is 15.4. The van der Waals surface area contributed by atoms with E-state index in [4.69, 9.17) is 28.8 Å². The zero-order chi connectivity index (χ0) is 27.0. The van der Waals surface area contributed by atoms with Gasteiger partial charge in [-0.05, 0) is 19.1 Å². The third-order valence-corrected chi connectivity index (χ3v) is 7.00. The molecule has 208 valence electrons. The number of benzene rings is 1. The van der Waals surface area contributed by atoms with Crippen molar-refractivity contribution in [1.29, 1.82) is 0 Å². The minimum atomic E-state index is -1.50. The summed E-state index contributed by atoms with van der Waals surface area (Å²) in [5, 5.41) is 60.5. The largest absolute Gasteiger partial charge is 0.547 e. The van der Waals surface area contributed by atoms with Crippen LogP contribution >= 0.6 is 11.8 Å². The Bertz CT molecular complexity index is 931. The Balaban J connectivity index is 1.26. The summed E-state index contributed by atoms with van der Waals surface area (Å²) in [6.07, 6.45) is -6.63. The van der Waals surface area contributed by atoms with Gasteiger partial charge in [-0.1, -0.05) is 0 Å². The summed E-state index contributed by atoms with van der Waals surface area (Å²) < 4.78 is 26.9. The van der Waals surface area contributed by atoms with Gasteiger partial charge in [0.2, 0.25) is 0 Å². The van der Waals surface area contributed by atoms with E-state index in [1.54, 1.807) is 12.1 Å². The molecule has 0 spiro atoms. The predicted molar refractivity (Wildman–Crippen MR) is 127 cm³/mol. The number of aliphatic carboxylic acids is 1. The van der Waals surface area contributed by atoms with Crippen molar-refractivity contribution in [2.45, 2.75) is 43.2 Å². The highest BCUT2D eigenvalue weighted by molar-refractivity contribution is 8.14. The van der Waals surface area contributed by atoms with Gasteiger partial charge < -0.3 is 59.1 Å². The van der Waals surface area contributed by atoms with Crippen LogP contribution in [-0.4, -0.2) is 125 Å². The van der Waals surface area contributed by atoms with Crippen molar-refractivity contribution in [2.75, 3.05) is 52.0 Å². The van der Waals surface area contributed by atoms with Crippen LogP contribution < -0.4 is 9.84 Å². The predicted octanol–water partition coefficient (Wildman–Crippen LogP) is -2.38. The molecule has 2 heterocycles. The minimum Gasteiger partial charge on any atom is -0.547 e. The average Bonchev–Trinajstić information content (AvgIpc) is 3.28. The minimum absolute atomic E-state index is 0.0443. The summed E-state index contributed by atoms with van der Waals surface area (Å²) in [6, 6.07) is 4.68. The number of aliphatic hydroxyl groups excluding tert-OH is 4. The number of phenolic OH excluding ortho intramolecular Hbond substituents is 1. The van der Waals surface area contributed by atoms with Crippen LogP contribution in [0, 0.1) is 0 Å². The van der Waals surface area contributed by atoms with Crippen molar-refractivity contribution in [3.05, 3.63) is 23.8 Å². The molecule has 5 N–H and O–H groups in total. The number of phenols is 1. The molecule has 0 aromatic heterocycles. The molecule has 0 amide bonds. The summed E-state index contributed by atoms with van der Waals surface area (Å²) in [5.74, 6) is -0.695. The molecule has 0 aliphatic carbocycles. The number of carboxylic acids is 1. The number of hydrogen-bond donors (Lipinski definition) is 5. The van der Waals surface area contributed by atoms with Crippen molar-refractivity contribution in [2.24, 2.45) is 4.99 Å². The third-order valence-electron chi connectivity index (χ3n) is 5.70. The van der Waals surface area contributed by atoms with Gasteiger partial charge in [0.15, 0.2) is 6.29 Å². The monoisotopic (exact) mass is 546 g/mol. The van der Waals surface area contributed by atoms with Crippen LogP contribution in [0.4, 0.5) is 0 Å². The first kappa shape index (κ1) is 29.5. The van der Waals surface area contributed by atoms with Crippen LogP contribution in [0.25, 0.3) is 0 Å². The van der Waals surface area contributed by atoms with Crippen molar-refractivity contribution in [1.82, 2.24) is 0 Å². The lowest BCUT2D eigenvalue weighted by atomic mass is 9.99. The maximum absolute atomic E-state index is 11.2. The lowest BCUT2D eigenvalue weighted by Crippen LogP contribution is -2.59. The summed E-state index contributed by atoms with van der Waals surface area (Å²) in [6.45, 7) is 2.17. The van der Waals surface area contributed by atoms with Crippen molar-refractivity contribution >= 4 is 22.8 Å². The Hall–Kier alpha value is -2.01. The second-order valence-electron chi connectivity index (χ2n) is 8.59. The van der Waals surface area contributed by atoms with Gasteiger partial charge in [-0.3, -0.25) is 4.99 Å². The highest BCUT2D eigenvalue weighted by atomic mass is 32.2. The van der Waals surface area contributed by atoms with Crippen LogP contribution in [0.3, 0.4) is 0 Å². The molecule has 6 atom stereocenters. The van der Waals surface area contributed by atoms with Crippen LogP contribution in [-0.2, 0) is 23.7 Å². The van der Waals surface area contributed by atoms with Crippen molar-refractivity contribution in [3.63, 3.8) is 0 Å². The molecule has 1 aromatic carbocycles. The fraction of sp³-hybridized carbons (Fsp3) is 0.652. The van der Waals surface area contributed by atoms with E-state index in [0.29, 0.717) is 16.4 Å². The number of carbonyl (C=O) groups is 1. The molecule has 0 bridgehead atoms. The molecule has 1 saturated heterocycles. The number of aliphatic hydroxyl groups is 4. The number of hydrogen-bond acceptors (Lipinski definition) is 14. The molecule has 2 aliphatic heterocycles. The van der Waals surface area contributed by atoms with Gasteiger partial charge in [0.05, 0.1) is 45.6 Å². The summed E-state index contributed by atoms with van der Waals surface area (Å²) >= 11 is 1.24. The van der Waals surface area contributed by atoms with Gasteiger partial charge >= 0.3 is 0 Å². The molecule has 37 heavy (non-hydrogen) atoms. The van der Waals surface area contributed by atoms with E-state index in [1.807, 2.05) is 0 Å². The molecule has 2 aliphatic rings. The van der Waals surface area contributed by atoms with E-state index in [-0.39, 0.29) is 51.1 Å². The molecule has 13 nitrogen and oxygen atoms in total. The Morgan fingerprint density at radius 1 is 1.11 bits per heavy atom. The Labute approximate surface area is 217 Å². The van der Waals surface area contributed by atoms with Gasteiger partial charge in [0, 0.05) is 17.4 Å². The fourth-order valence-corrected chi connectivity index (χ4v) is 4.69. The second-order valence-corrected chi connectivity index (χ2v) is 9.55. The SMILES string of the molecule is C[C@]1(C(=O)[O-])CSC(c2ccc(OCCOCCOCCO[C@H]3OC(CO)[C@@H](O)C(O)C3O)cc2O)=N1. The Morgan fingerprint density at radius 3 is 2.41 bits per heavy atom.